The molecule has 1 heterocycles. The molecule has 1 saturated carbocycles. The van der Waals surface area contributed by atoms with E-state index in [2.05, 4.69) is 10.6 Å². The van der Waals surface area contributed by atoms with Gasteiger partial charge in [0, 0.05) is 35.9 Å². The van der Waals surface area contributed by atoms with E-state index in [1.807, 2.05) is 6.92 Å². The average molecular weight is 486 g/mol. The molecule has 2 aliphatic rings. The second-order valence-electron chi connectivity index (χ2n) is 8.85. The second-order valence-corrected chi connectivity index (χ2v) is 10.8. The van der Waals surface area contributed by atoms with Gasteiger partial charge >= 0.3 is 0 Å². The number of carbonyl (C=O) groups is 2. The first-order chi connectivity index (χ1) is 16.3. The van der Waals surface area contributed by atoms with Crippen LogP contribution < -0.4 is 10.6 Å². The molecular formula is C25H31N3O5S. The summed E-state index contributed by atoms with van der Waals surface area (Å²) in [6.07, 6.45) is 5.11. The maximum Gasteiger partial charge on any atom is 0.255 e. The first-order valence-electron chi connectivity index (χ1n) is 11.8. The zero-order valence-electron chi connectivity index (χ0n) is 19.4. The summed E-state index contributed by atoms with van der Waals surface area (Å²) >= 11 is 0. The first kappa shape index (κ1) is 24.4. The van der Waals surface area contributed by atoms with Crippen LogP contribution in [0.15, 0.2) is 47.4 Å². The number of hydrogen-bond donors (Lipinski definition) is 2. The van der Waals surface area contributed by atoms with E-state index in [1.54, 1.807) is 36.4 Å². The topological polar surface area (TPSA) is 105 Å². The van der Waals surface area contributed by atoms with Gasteiger partial charge in [-0.05, 0) is 55.7 Å². The zero-order chi connectivity index (χ0) is 24.1. The number of aryl methyl sites for hydroxylation is 1. The molecule has 34 heavy (non-hydrogen) atoms. The summed E-state index contributed by atoms with van der Waals surface area (Å²) < 4.78 is 32.7. The summed E-state index contributed by atoms with van der Waals surface area (Å²) in [6, 6.07) is 11.5. The summed E-state index contributed by atoms with van der Waals surface area (Å²) in [4.78, 5) is 25.7. The number of ether oxygens (including phenoxy) is 1. The quantitative estimate of drug-likeness (QED) is 0.648. The third kappa shape index (κ3) is 5.65. The van der Waals surface area contributed by atoms with E-state index in [9.17, 15) is 18.0 Å². The van der Waals surface area contributed by atoms with Gasteiger partial charge in [-0.1, -0.05) is 31.4 Å². The highest BCUT2D eigenvalue weighted by molar-refractivity contribution is 7.89. The van der Waals surface area contributed by atoms with Crippen LogP contribution in [-0.4, -0.2) is 50.8 Å². The van der Waals surface area contributed by atoms with Crippen molar-refractivity contribution in [2.45, 2.75) is 43.9 Å². The number of nitrogens with one attached hydrogen (secondary N) is 2. The summed E-state index contributed by atoms with van der Waals surface area (Å²) in [7, 11) is -3.68. The van der Waals surface area contributed by atoms with Gasteiger partial charge in [-0.3, -0.25) is 9.59 Å². The van der Waals surface area contributed by atoms with Gasteiger partial charge in [0.25, 0.3) is 5.91 Å². The lowest BCUT2D eigenvalue weighted by atomic mass is 9.88. The van der Waals surface area contributed by atoms with E-state index in [-0.39, 0.29) is 22.6 Å². The van der Waals surface area contributed by atoms with Crippen LogP contribution in [0.25, 0.3) is 0 Å². The van der Waals surface area contributed by atoms with Crippen molar-refractivity contribution in [2.75, 3.05) is 36.9 Å². The van der Waals surface area contributed by atoms with E-state index in [1.165, 1.54) is 16.8 Å². The average Bonchev–Trinajstić information content (AvgIpc) is 2.86. The molecule has 4 rings (SSSR count). The SMILES string of the molecule is Cc1ccc(S(=O)(=O)N2CCOCC2)cc1NC(=O)c1cccc(NC(=O)C2CCCCC2)c1. The van der Waals surface area contributed by atoms with Crippen LogP contribution in [0.2, 0.25) is 0 Å². The highest BCUT2D eigenvalue weighted by atomic mass is 32.2. The molecule has 8 nitrogen and oxygen atoms in total. The second kappa shape index (κ2) is 10.7. The Balaban J connectivity index is 1.48. The number of hydrogen-bond acceptors (Lipinski definition) is 5. The highest BCUT2D eigenvalue weighted by Crippen LogP contribution is 2.26. The molecule has 1 saturated heterocycles. The van der Waals surface area contributed by atoms with Gasteiger partial charge in [0.05, 0.1) is 18.1 Å². The minimum Gasteiger partial charge on any atom is -0.379 e. The molecule has 2 amide bonds. The van der Waals surface area contributed by atoms with Crippen molar-refractivity contribution in [3.05, 3.63) is 53.6 Å². The molecule has 182 valence electrons. The number of carbonyl (C=O) groups excluding carboxylic acids is 2. The fourth-order valence-electron chi connectivity index (χ4n) is 4.37. The molecule has 9 heteroatoms. The van der Waals surface area contributed by atoms with Crippen LogP contribution in [0.3, 0.4) is 0 Å². The summed E-state index contributed by atoms with van der Waals surface area (Å²) in [6.45, 7) is 3.14. The van der Waals surface area contributed by atoms with Gasteiger partial charge < -0.3 is 15.4 Å². The predicted molar refractivity (Wildman–Crippen MR) is 130 cm³/mol. The molecule has 2 aromatic carbocycles. The molecule has 0 aromatic heterocycles. The molecule has 0 spiro atoms. The molecule has 0 unspecified atom stereocenters. The highest BCUT2D eigenvalue weighted by Gasteiger charge is 2.27. The van der Waals surface area contributed by atoms with Crippen LogP contribution in [-0.2, 0) is 19.6 Å². The molecule has 1 aliphatic carbocycles. The Labute approximate surface area is 200 Å². The fourth-order valence-corrected chi connectivity index (χ4v) is 5.81. The number of sulfonamides is 1. The molecule has 2 N–H and O–H groups in total. The van der Waals surface area contributed by atoms with Crippen molar-refractivity contribution in [3.8, 4) is 0 Å². The van der Waals surface area contributed by atoms with Crippen molar-refractivity contribution < 1.29 is 22.7 Å². The van der Waals surface area contributed by atoms with Gasteiger partial charge in [-0.2, -0.15) is 4.31 Å². The maximum atomic E-state index is 13.0. The molecule has 2 aromatic rings. The van der Waals surface area contributed by atoms with E-state index >= 15 is 0 Å². The van der Waals surface area contributed by atoms with E-state index in [4.69, 9.17) is 4.74 Å². The van der Waals surface area contributed by atoms with Crippen molar-refractivity contribution in [3.63, 3.8) is 0 Å². The number of rotatable bonds is 6. The molecular weight excluding hydrogens is 454 g/mol. The smallest absolute Gasteiger partial charge is 0.255 e. The van der Waals surface area contributed by atoms with Crippen molar-refractivity contribution in [2.24, 2.45) is 5.92 Å². The predicted octanol–water partition coefficient (Wildman–Crippen LogP) is 3.79. The standard InChI is InChI=1S/C25H31N3O5S/c1-18-10-11-22(34(31,32)28-12-14-33-15-13-28)17-23(18)27-25(30)20-8-5-9-21(16-20)26-24(29)19-6-3-2-4-7-19/h5,8-11,16-17,19H,2-4,6-7,12-15H2,1H3,(H,26,29)(H,27,30). The van der Waals surface area contributed by atoms with Gasteiger partial charge in [-0.15, -0.1) is 0 Å². The summed E-state index contributed by atoms with van der Waals surface area (Å²) in [5.74, 6) is -0.364. The van der Waals surface area contributed by atoms with E-state index in [0.29, 0.717) is 43.2 Å². The van der Waals surface area contributed by atoms with E-state index < -0.39 is 10.0 Å². The third-order valence-electron chi connectivity index (χ3n) is 6.43. The Kier molecular flexibility index (Phi) is 7.65. The number of amides is 2. The number of morpholine rings is 1. The third-order valence-corrected chi connectivity index (χ3v) is 8.33. The van der Waals surface area contributed by atoms with Gasteiger partial charge in [-0.25, -0.2) is 8.42 Å². The number of anilines is 2. The molecule has 1 aliphatic heterocycles. The Hall–Kier alpha value is -2.75. The number of nitrogens with zero attached hydrogens (tertiary/aromatic N) is 1. The minimum atomic E-state index is -3.68. The lowest BCUT2D eigenvalue weighted by molar-refractivity contribution is -0.120. The molecule has 2 fully saturated rings. The van der Waals surface area contributed by atoms with Crippen molar-refractivity contribution in [1.29, 1.82) is 0 Å². The Morgan fingerprint density at radius 1 is 0.971 bits per heavy atom. The van der Waals surface area contributed by atoms with Crippen LogP contribution in [0.1, 0.15) is 48.0 Å². The largest absolute Gasteiger partial charge is 0.379 e. The number of benzene rings is 2. The van der Waals surface area contributed by atoms with Crippen molar-refractivity contribution in [1.82, 2.24) is 4.31 Å². The van der Waals surface area contributed by atoms with Crippen LogP contribution in [0.5, 0.6) is 0 Å². The van der Waals surface area contributed by atoms with Crippen molar-refractivity contribution >= 4 is 33.2 Å². The monoisotopic (exact) mass is 485 g/mol. The van der Waals surface area contributed by atoms with Gasteiger partial charge in [0.15, 0.2) is 0 Å². The van der Waals surface area contributed by atoms with Crippen LogP contribution >= 0.6 is 0 Å². The van der Waals surface area contributed by atoms with E-state index in [0.717, 1.165) is 31.2 Å². The Bertz CT molecular complexity index is 1150. The molecule has 0 atom stereocenters. The first-order valence-corrected chi connectivity index (χ1v) is 13.2. The maximum absolute atomic E-state index is 13.0. The molecule has 0 bridgehead atoms. The Morgan fingerprint density at radius 2 is 1.71 bits per heavy atom. The zero-order valence-corrected chi connectivity index (χ0v) is 20.2. The van der Waals surface area contributed by atoms with Crippen LogP contribution in [0.4, 0.5) is 11.4 Å². The van der Waals surface area contributed by atoms with Gasteiger partial charge in [0.1, 0.15) is 0 Å². The van der Waals surface area contributed by atoms with Crippen LogP contribution in [0, 0.1) is 12.8 Å². The summed E-state index contributed by atoms with van der Waals surface area (Å²) in [5, 5.41) is 5.76. The molecule has 0 radical (unpaired) electrons. The Morgan fingerprint density at radius 3 is 2.44 bits per heavy atom. The summed E-state index contributed by atoms with van der Waals surface area (Å²) in [5.41, 5.74) is 2.12. The fraction of sp³-hybridized carbons (Fsp3) is 0.440. The lowest BCUT2D eigenvalue weighted by Crippen LogP contribution is -2.40. The normalized spacial score (nSPS) is 17.8. The van der Waals surface area contributed by atoms with Gasteiger partial charge in [0.2, 0.25) is 15.9 Å². The minimum absolute atomic E-state index is 0.00544. The lowest BCUT2D eigenvalue weighted by Gasteiger charge is -2.26.